The van der Waals surface area contributed by atoms with Gasteiger partial charge in [0.1, 0.15) is 0 Å². The molecule has 0 aliphatic heterocycles. The fourth-order valence-corrected chi connectivity index (χ4v) is 4.56. The standard InChI is InChI=1S/C22H28N2O6/c25-19(15-5-1-3-7-17(15)21(27)28)23-13-9-11-14(12-10-13)24-20(26)16-6-2-4-8-18(16)22(29)30/h9-12,15-18H,1-8H2,(H,23,25)(H,24,26)(H,27,28)(H,29,30)/p-2/t15-,16-,17-,18+/m1/s1. The molecule has 0 saturated heterocycles. The molecule has 0 spiro atoms. The molecule has 0 bridgehead atoms. The van der Waals surface area contributed by atoms with E-state index in [9.17, 15) is 29.4 Å². The van der Waals surface area contributed by atoms with Crippen molar-refractivity contribution in [1.82, 2.24) is 0 Å². The van der Waals surface area contributed by atoms with Gasteiger partial charge in [-0.3, -0.25) is 9.59 Å². The molecule has 4 atom stereocenters. The van der Waals surface area contributed by atoms with E-state index >= 15 is 0 Å². The Morgan fingerprint density at radius 3 is 1.20 bits per heavy atom. The molecule has 2 N–H and O–H groups in total. The number of carbonyl (C=O) groups is 4. The molecule has 2 saturated carbocycles. The molecule has 0 unspecified atom stereocenters. The molecule has 2 aliphatic carbocycles. The second kappa shape index (κ2) is 9.73. The molecule has 0 aromatic heterocycles. The summed E-state index contributed by atoms with van der Waals surface area (Å²) in [6, 6.07) is 6.45. The Morgan fingerprint density at radius 2 is 0.900 bits per heavy atom. The lowest BCUT2D eigenvalue weighted by Gasteiger charge is -2.31. The zero-order chi connectivity index (χ0) is 21.7. The number of hydrogen-bond acceptors (Lipinski definition) is 6. The van der Waals surface area contributed by atoms with Crippen LogP contribution in [0.1, 0.15) is 51.4 Å². The van der Waals surface area contributed by atoms with Gasteiger partial charge in [-0.05, 0) is 49.9 Å². The number of aliphatic carboxylic acids is 2. The molecule has 1 aromatic rings. The van der Waals surface area contributed by atoms with E-state index in [0.717, 1.165) is 25.7 Å². The van der Waals surface area contributed by atoms with Crippen LogP contribution in [0.2, 0.25) is 0 Å². The Balaban J connectivity index is 1.59. The van der Waals surface area contributed by atoms with Gasteiger partial charge >= 0.3 is 0 Å². The first kappa shape index (κ1) is 21.8. The average Bonchev–Trinajstić information content (AvgIpc) is 2.75. The Kier molecular flexibility index (Phi) is 7.07. The summed E-state index contributed by atoms with van der Waals surface area (Å²) in [5, 5.41) is 28.1. The third-order valence-corrected chi connectivity index (χ3v) is 6.23. The normalized spacial score (nSPS) is 26.4. The van der Waals surface area contributed by atoms with Crippen molar-refractivity contribution in [3.8, 4) is 0 Å². The average molecular weight is 414 g/mol. The zero-order valence-electron chi connectivity index (χ0n) is 16.7. The molecular weight excluding hydrogens is 388 g/mol. The minimum absolute atomic E-state index is 0.348. The van der Waals surface area contributed by atoms with Gasteiger partial charge in [-0.1, -0.05) is 25.7 Å². The number of amides is 2. The van der Waals surface area contributed by atoms with E-state index in [4.69, 9.17) is 0 Å². The maximum atomic E-state index is 12.5. The van der Waals surface area contributed by atoms with Gasteiger partial charge in [-0.15, -0.1) is 0 Å². The van der Waals surface area contributed by atoms with Crippen LogP contribution in [-0.4, -0.2) is 23.8 Å². The van der Waals surface area contributed by atoms with Crippen LogP contribution in [0.4, 0.5) is 11.4 Å². The first-order valence-corrected chi connectivity index (χ1v) is 10.5. The first-order valence-electron chi connectivity index (χ1n) is 10.5. The number of carbonyl (C=O) groups excluding carboxylic acids is 4. The lowest BCUT2D eigenvalue weighted by Crippen LogP contribution is -2.42. The Labute approximate surface area is 175 Å². The lowest BCUT2D eigenvalue weighted by atomic mass is 9.78. The molecule has 0 radical (unpaired) electrons. The van der Waals surface area contributed by atoms with Crippen molar-refractivity contribution in [1.29, 1.82) is 0 Å². The van der Waals surface area contributed by atoms with Crippen LogP contribution in [0.15, 0.2) is 24.3 Å². The third-order valence-electron chi connectivity index (χ3n) is 6.23. The number of carboxylic acid groups (broad SMARTS) is 2. The number of hydrogen-bond donors (Lipinski definition) is 2. The number of nitrogens with one attached hydrogen (secondary N) is 2. The van der Waals surface area contributed by atoms with Gasteiger partial charge in [-0.2, -0.15) is 0 Å². The van der Waals surface area contributed by atoms with Gasteiger partial charge in [0, 0.05) is 47.0 Å². The minimum atomic E-state index is -1.19. The molecule has 1 aromatic carbocycles. The number of rotatable bonds is 6. The van der Waals surface area contributed by atoms with Crippen molar-refractivity contribution in [2.75, 3.05) is 10.6 Å². The molecule has 8 nitrogen and oxygen atoms in total. The molecular formula is C22H26N2O6-2. The molecule has 0 heterocycles. The summed E-state index contributed by atoms with van der Waals surface area (Å²) in [6.07, 6.45) is 5.08. The highest BCUT2D eigenvalue weighted by Gasteiger charge is 2.33. The van der Waals surface area contributed by atoms with Gasteiger partial charge in [0.25, 0.3) is 0 Å². The quantitative estimate of drug-likeness (QED) is 0.702. The summed E-state index contributed by atoms with van der Waals surface area (Å²) in [5.41, 5.74) is 0.983. The fourth-order valence-electron chi connectivity index (χ4n) is 4.56. The van der Waals surface area contributed by atoms with Gasteiger partial charge < -0.3 is 30.4 Å². The van der Waals surface area contributed by atoms with Crippen LogP contribution in [0.5, 0.6) is 0 Å². The van der Waals surface area contributed by atoms with E-state index in [2.05, 4.69) is 10.6 Å². The summed E-state index contributed by atoms with van der Waals surface area (Å²) < 4.78 is 0. The maximum Gasteiger partial charge on any atom is 0.228 e. The van der Waals surface area contributed by atoms with Gasteiger partial charge in [-0.25, -0.2) is 0 Å². The summed E-state index contributed by atoms with van der Waals surface area (Å²) in [5.74, 6) is -5.85. The first-order chi connectivity index (χ1) is 14.4. The fraction of sp³-hybridized carbons (Fsp3) is 0.545. The van der Waals surface area contributed by atoms with Crippen molar-refractivity contribution < 1.29 is 29.4 Å². The Bertz CT molecular complexity index is 739. The largest absolute Gasteiger partial charge is 0.550 e. The molecule has 3 rings (SSSR count). The predicted molar refractivity (Wildman–Crippen MR) is 105 cm³/mol. The lowest BCUT2D eigenvalue weighted by molar-refractivity contribution is -0.315. The highest BCUT2D eigenvalue weighted by atomic mass is 16.4. The minimum Gasteiger partial charge on any atom is -0.550 e. The summed E-state index contributed by atoms with van der Waals surface area (Å²) in [7, 11) is 0. The van der Waals surface area contributed by atoms with Crippen LogP contribution in [0.25, 0.3) is 0 Å². The zero-order valence-corrected chi connectivity index (χ0v) is 16.7. The van der Waals surface area contributed by atoms with Crippen LogP contribution in [0, 0.1) is 23.7 Å². The number of carboxylic acids is 2. The highest BCUT2D eigenvalue weighted by molar-refractivity contribution is 5.97. The van der Waals surface area contributed by atoms with Gasteiger partial charge in [0.2, 0.25) is 11.8 Å². The summed E-state index contributed by atoms with van der Waals surface area (Å²) >= 11 is 0. The Hall–Kier alpha value is -2.90. The van der Waals surface area contributed by atoms with Crippen molar-refractivity contribution >= 4 is 35.1 Å². The van der Waals surface area contributed by atoms with E-state index < -0.39 is 35.6 Å². The van der Waals surface area contributed by atoms with E-state index in [0.29, 0.717) is 37.1 Å². The Morgan fingerprint density at radius 1 is 0.600 bits per heavy atom. The van der Waals surface area contributed by atoms with Crippen LogP contribution >= 0.6 is 0 Å². The van der Waals surface area contributed by atoms with Crippen molar-refractivity contribution in [3.05, 3.63) is 24.3 Å². The van der Waals surface area contributed by atoms with Crippen LogP contribution in [0.3, 0.4) is 0 Å². The summed E-state index contributed by atoms with van der Waals surface area (Å²) in [6.45, 7) is 0. The molecule has 2 amide bonds. The molecule has 30 heavy (non-hydrogen) atoms. The van der Waals surface area contributed by atoms with Crippen molar-refractivity contribution in [3.63, 3.8) is 0 Å². The molecule has 2 aliphatic rings. The maximum absolute atomic E-state index is 12.5. The van der Waals surface area contributed by atoms with E-state index in [-0.39, 0.29) is 11.8 Å². The number of anilines is 2. The van der Waals surface area contributed by atoms with Crippen LogP contribution in [-0.2, 0) is 19.2 Å². The second-order valence-corrected chi connectivity index (χ2v) is 8.19. The highest BCUT2D eigenvalue weighted by Crippen LogP contribution is 2.32. The second-order valence-electron chi connectivity index (χ2n) is 8.19. The molecule has 8 heteroatoms. The SMILES string of the molecule is O=C([O-])[C@H]1CCCC[C@H]1C(=O)Nc1ccc(NC(=O)[C@@H]2CCCC[C@H]2C(=O)[O-])cc1. The predicted octanol–water partition coefficient (Wildman–Crippen LogP) is 0.676. The topological polar surface area (TPSA) is 138 Å². The van der Waals surface area contributed by atoms with Gasteiger partial charge in [0.05, 0.1) is 0 Å². The van der Waals surface area contributed by atoms with Crippen LogP contribution < -0.4 is 20.8 Å². The van der Waals surface area contributed by atoms with E-state index in [1.807, 2.05) is 0 Å². The van der Waals surface area contributed by atoms with E-state index in [1.165, 1.54) is 0 Å². The molecule has 2 fully saturated rings. The molecule has 162 valence electrons. The number of benzene rings is 1. The monoisotopic (exact) mass is 414 g/mol. The van der Waals surface area contributed by atoms with E-state index in [1.54, 1.807) is 24.3 Å². The third kappa shape index (κ3) is 5.17. The van der Waals surface area contributed by atoms with Crippen molar-refractivity contribution in [2.45, 2.75) is 51.4 Å². The van der Waals surface area contributed by atoms with Gasteiger partial charge in [0.15, 0.2) is 0 Å². The van der Waals surface area contributed by atoms with Crippen molar-refractivity contribution in [2.24, 2.45) is 23.7 Å². The summed E-state index contributed by atoms with van der Waals surface area (Å²) in [4.78, 5) is 47.6. The smallest absolute Gasteiger partial charge is 0.228 e.